The van der Waals surface area contributed by atoms with Crippen LogP contribution in [0.3, 0.4) is 0 Å². The number of nitrogens with two attached hydrogens (primary N) is 1. The number of benzene rings is 1. The zero-order valence-electron chi connectivity index (χ0n) is 12.1. The second kappa shape index (κ2) is 5.94. The van der Waals surface area contributed by atoms with Gasteiger partial charge in [0, 0.05) is 18.3 Å². The molecule has 0 aliphatic carbocycles. The molecule has 0 bridgehead atoms. The Morgan fingerprint density at radius 3 is 2.75 bits per heavy atom. The summed E-state index contributed by atoms with van der Waals surface area (Å²) in [5.74, 6) is 0.0855. The number of nitrogen functional groups attached to an aromatic ring is 1. The molecule has 108 valence electrons. The van der Waals surface area contributed by atoms with Crippen LogP contribution in [0.4, 0.5) is 10.1 Å². The van der Waals surface area contributed by atoms with Crippen LogP contribution in [0.25, 0.3) is 5.69 Å². The van der Waals surface area contributed by atoms with E-state index in [-0.39, 0.29) is 5.75 Å². The van der Waals surface area contributed by atoms with Gasteiger partial charge < -0.3 is 10.5 Å². The Morgan fingerprint density at radius 2 is 2.15 bits per heavy atom. The number of halogens is 1. The minimum absolute atomic E-state index is 0.206. The van der Waals surface area contributed by atoms with E-state index in [1.54, 1.807) is 10.7 Å². The molecule has 0 saturated heterocycles. The average Bonchev–Trinajstić information content (AvgIpc) is 2.87. The highest BCUT2D eigenvalue weighted by Gasteiger charge is 2.12. The van der Waals surface area contributed by atoms with Crippen LogP contribution in [0.2, 0.25) is 0 Å². The van der Waals surface area contributed by atoms with E-state index in [9.17, 15) is 4.39 Å². The highest BCUT2D eigenvalue weighted by atomic mass is 19.1. The predicted molar refractivity (Wildman–Crippen MR) is 77.8 cm³/mol. The van der Waals surface area contributed by atoms with Gasteiger partial charge in [0.15, 0.2) is 11.6 Å². The first kappa shape index (κ1) is 14.4. The van der Waals surface area contributed by atoms with Crippen molar-refractivity contribution in [2.45, 2.75) is 33.1 Å². The largest absolute Gasteiger partial charge is 0.490 e. The summed E-state index contributed by atoms with van der Waals surface area (Å²) >= 11 is 0. The van der Waals surface area contributed by atoms with Crippen molar-refractivity contribution in [3.05, 3.63) is 35.9 Å². The van der Waals surface area contributed by atoms with Crippen molar-refractivity contribution in [1.29, 1.82) is 0 Å². The summed E-state index contributed by atoms with van der Waals surface area (Å²) in [5.41, 5.74) is 7.81. The summed E-state index contributed by atoms with van der Waals surface area (Å²) in [6.45, 7) is 6.57. The smallest absolute Gasteiger partial charge is 0.167 e. The second-order valence-electron chi connectivity index (χ2n) is 5.03. The molecule has 0 aliphatic rings. The molecule has 0 spiro atoms. The zero-order chi connectivity index (χ0) is 14.7. The van der Waals surface area contributed by atoms with Gasteiger partial charge in [-0.05, 0) is 18.4 Å². The summed E-state index contributed by atoms with van der Waals surface area (Å²) in [6.07, 6.45) is 2.64. The van der Waals surface area contributed by atoms with Crippen LogP contribution < -0.4 is 10.5 Å². The second-order valence-corrected chi connectivity index (χ2v) is 5.03. The van der Waals surface area contributed by atoms with Gasteiger partial charge in [-0.15, -0.1) is 0 Å². The van der Waals surface area contributed by atoms with Crippen molar-refractivity contribution < 1.29 is 9.13 Å². The van der Waals surface area contributed by atoms with E-state index in [0.717, 1.165) is 12.1 Å². The Kier molecular flexibility index (Phi) is 4.27. The Balaban J connectivity index is 2.39. The number of hydrogen-bond acceptors (Lipinski definition) is 3. The molecule has 0 saturated carbocycles. The van der Waals surface area contributed by atoms with Crippen molar-refractivity contribution in [2.75, 3.05) is 12.3 Å². The molecule has 2 rings (SSSR count). The van der Waals surface area contributed by atoms with Crippen LogP contribution >= 0.6 is 0 Å². The molecule has 1 heterocycles. The molecule has 0 fully saturated rings. The van der Waals surface area contributed by atoms with Gasteiger partial charge in [-0.25, -0.2) is 9.07 Å². The van der Waals surface area contributed by atoms with Crippen molar-refractivity contribution in [3.63, 3.8) is 0 Å². The minimum atomic E-state index is -0.448. The normalized spacial score (nSPS) is 11.1. The first-order valence-electron chi connectivity index (χ1n) is 6.80. The van der Waals surface area contributed by atoms with Crippen LogP contribution in [0, 0.1) is 5.82 Å². The lowest BCUT2D eigenvalue weighted by Crippen LogP contribution is -2.05. The van der Waals surface area contributed by atoms with E-state index in [4.69, 9.17) is 10.5 Å². The molecule has 4 nitrogen and oxygen atoms in total. The monoisotopic (exact) mass is 277 g/mol. The summed E-state index contributed by atoms with van der Waals surface area (Å²) in [5, 5.41) is 4.45. The van der Waals surface area contributed by atoms with Gasteiger partial charge >= 0.3 is 0 Å². The van der Waals surface area contributed by atoms with Crippen molar-refractivity contribution in [1.82, 2.24) is 9.78 Å². The van der Waals surface area contributed by atoms with Gasteiger partial charge in [0.05, 0.1) is 23.7 Å². The van der Waals surface area contributed by atoms with E-state index in [1.807, 2.05) is 19.2 Å². The van der Waals surface area contributed by atoms with Crippen LogP contribution in [-0.4, -0.2) is 16.4 Å². The number of aromatic nitrogens is 2. The number of rotatable bonds is 5. The van der Waals surface area contributed by atoms with E-state index >= 15 is 0 Å². The Morgan fingerprint density at radius 1 is 1.40 bits per heavy atom. The summed E-state index contributed by atoms with van der Waals surface area (Å²) < 4.78 is 20.8. The van der Waals surface area contributed by atoms with Gasteiger partial charge in [0.1, 0.15) is 0 Å². The molecule has 20 heavy (non-hydrogen) atoms. The minimum Gasteiger partial charge on any atom is -0.490 e. The Labute approximate surface area is 118 Å². The van der Waals surface area contributed by atoms with E-state index in [1.165, 1.54) is 6.07 Å². The molecule has 1 aromatic carbocycles. The highest BCUT2D eigenvalue weighted by Crippen LogP contribution is 2.27. The molecule has 0 amide bonds. The maximum atomic E-state index is 13.8. The number of ether oxygens (including phenoxy) is 1. The molecule has 5 heteroatoms. The van der Waals surface area contributed by atoms with Crippen LogP contribution in [0.15, 0.2) is 24.4 Å². The lowest BCUT2D eigenvalue weighted by atomic mass is 10.1. The van der Waals surface area contributed by atoms with Crippen LogP contribution in [0.5, 0.6) is 5.75 Å². The number of anilines is 1. The molecule has 2 aromatic rings. The Bertz CT molecular complexity index is 593. The molecule has 0 atom stereocenters. The molecule has 1 aromatic heterocycles. The standard InChI is InChI=1S/C15H20FN3O/c1-4-7-20-15-9-14(12(17)8-11(15)16)19-6-5-13(18-19)10(2)3/h5-6,8-10H,4,7,17H2,1-3H3. The SMILES string of the molecule is CCCOc1cc(-n2ccc(C(C)C)n2)c(N)cc1F. The topological polar surface area (TPSA) is 53.1 Å². The third-order valence-corrected chi connectivity index (χ3v) is 2.99. The van der Waals surface area contributed by atoms with Gasteiger partial charge in [-0.1, -0.05) is 20.8 Å². The molecular weight excluding hydrogens is 257 g/mol. The third kappa shape index (κ3) is 2.92. The van der Waals surface area contributed by atoms with E-state index in [0.29, 0.717) is 23.9 Å². The average molecular weight is 277 g/mol. The first-order chi connectivity index (χ1) is 9.52. The zero-order valence-corrected chi connectivity index (χ0v) is 12.1. The van der Waals surface area contributed by atoms with Gasteiger partial charge in [-0.2, -0.15) is 5.10 Å². The molecule has 0 unspecified atom stereocenters. The Hall–Kier alpha value is -2.04. The van der Waals surface area contributed by atoms with Gasteiger partial charge in [-0.3, -0.25) is 0 Å². The summed E-state index contributed by atoms with van der Waals surface area (Å²) in [6, 6.07) is 4.80. The molecule has 0 radical (unpaired) electrons. The van der Waals surface area contributed by atoms with Gasteiger partial charge in [0.25, 0.3) is 0 Å². The molecule has 2 N–H and O–H groups in total. The van der Waals surface area contributed by atoms with Gasteiger partial charge in [0.2, 0.25) is 0 Å². The predicted octanol–water partition coefficient (Wildman–Crippen LogP) is 3.51. The van der Waals surface area contributed by atoms with Crippen LogP contribution in [0.1, 0.15) is 38.8 Å². The fourth-order valence-corrected chi connectivity index (χ4v) is 1.86. The number of nitrogens with zero attached hydrogens (tertiary/aromatic N) is 2. The lowest BCUT2D eigenvalue weighted by Gasteiger charge is -2.11. The molecular formula is C15H20FN3O. The highest BCUT2D eigenvalue weighted by molar-refractivity contribution is 5.60. The summed E-state index contributed by atoms with van der Waals surface area (Å²) in [4.78, 5) is 0. The summed E-state index contributed by atoms with van der Waals surface area (Å²) in [7, 11) is 0. The fourth-order valence-electron chi connectivity index (χ4n) is 1.86. The van der Waals surface area contributed by atoms with Crippen molar-refractivity contribution in [3.8, 4) is 11.4 Å². The maximum absolute atomic E-state index is 13.8. The fraction of sp³-hybridized carbons (Fsp3) is 0.400. The number of hydrogen-bond donors (Lipinski definition) is 1. The first-order valence-corrected chi connectivity index (χ1v) is 6.80. The molecule has 0 aliphatic heterocycles. The van der Waals surface area contributed by atoms with Crippen molar-refractivity contribution >= 4 is 5.69 Å². The van der Waals surface area contributed by atoms with Crippen LogP contribution in [-0.2, 0) is 0 Å². The lowest BCUT2D eigenvalue weighted by molar-refractivity contribution is 0.301. The van der Waals surface area contributed by atoms with E-state index < -0.39 is 5.82 Å². The quantitative estimate of drug-likeness (QED) is 0.851. The maximum Gasteiger partial charge on any atom is 0.167 e. The van der Waals surface area contributed by atoms with Crippen molar-refractivity contribution in [2.24, 2.45) is 0 Å². The van der Waals surface area contributed by atoms with E-state index in [2.05, 4.69) is 18.9 Å². The third-order valence-electron chi connectivity index (χ3n) is 2.99.